The minimum absolute atomic E-state index is 0.0132. The first kappa shape index (κ1) is 44.8. The molecule has 296 valence electrons. The summed E-state index contributed by atoms with van der Waals surface area (Å²) in [6.07, 6.45) is 20.3. The molecule has 0 aromatic rings. The highest BCUT2D eigenvalue weighted by Crippen LogP contribution is 2.60. The maximum atomic E-state index is 13.3. The molecule has 0 bridgehead atoms. The molecule has 0 saturated heterocycles. The molecule has 0 amide bonds. The van der Waals surface area contributed by atoms with Gasteiger partial charge < -0.3 is 14.0 Å². The van der Waals surface area contributed by atoms with E-state index in [1.807, 2.05) is 0 Å². The average molecular weight is 755 g/mol. The van der Waals surface area contributed by atoms with Crippen molar-refractivity contribution in [3.05, 3.63) is 47.6 Å². The number of hydrogen-bond donors (Lipinski definition) is 1. The summed E-state index contributed by atoms with van der Waals surface area (Å²) in [6.45, 7) is 35.5. The monoisotopic (exact) mass is 755 g/mol. The first-order valence-corrected chi connectivity index (χ1v) is 26.5. The van der Waals surface area contributed by atoms with Crippen molar-refractivity contribution in [3.63, 3.8) is 0 Å². The number of ketones is 1. The largest absolute Gasteiger partial charge is 0.465 e. The molecule has 52 heavy (non-hydrogen) atoms. The first-order valence-electron chi connectivity index (χ1n) is 20.7. The lowest BCUT2D eigenvalue weighted by atomic mass is 9.61. The summed E-state index contributed by atoms with van der Waals surface area (Å²) in [7, 11) is -4.41. The summed E-state index contributed by atoms with van der Waals surface area (Å²) >= 11 is 0. The molecule has 3 aliphatic rings. The Morgan fingerprint density at radius 2 is 1.67 bits per heavy atom. The summed E-state index contributed by atoms with van der Waals surface area (Å²) in [5.41, 5.74) is 3.25. The normalized spacial score (nSPS) is 28.8. The van der Waals surface area contributed by atoms with Crippen LogP contribution in [0.1, 0.15) is 140 Å². The summed E-state index contributed by atoms with van der Waals surface area (Å²) in [5.74, 6) is 0.960. The van der Waals surface area contributed by atoms with Crippen LogP contribution in [-0.2, 0) is 18.8 Å². The Morgan fingerprint density at radius 3 is 2.27 bits per heavy atom. The molecular formula is C45H78O5Si2. The van der Waals surface area contributed by atoms with Crippen LogP contribution in [0, 0.1) is 34.5 Å². The van der Waals surface area contributed by atoms with Gasteiger partial charge in [0.15, 0.2) is 22.4 Å². The molecule has 0 radical (unpaired) electrons. The van der Waals surface area contributed by atoms with Crippen molar-refractivity contribution in [1.29, 1.82) is 0 Å². The van der Waals surface area contributed by atoms with Crippen molar-refractivity contribution in [2.24, 2.45) is 34.5 Å². The van der Waals surface area contributed by atoms with Gasteiger partial charge in [0, 0.05) is 0 Å². The zero-order chi connectivity index (χ0) is 39.5. The lowest BCUT2D eigenvalue weighted by Crippen LogP contribution is -2.46. The molecule has 3 aliphatic carbocycles. The van der Waals surface area contributed by atoms with E-state index in [0.29, 0.717) is 18.4 Å². The molecule has 0 aromatic carbocycles. The SMILES string of the molecule is C=C1[C@H](CC(C)(C)[Si](C)(C)O)C/C(=C\C=C2/CCC[C@]3(C)[C@@H](C(C)/C=C/C(=O)C(C)(C)C(=O)OCCCCC)CC[C@@H]23)C[C@H]1O[Si](C)(C)C(C)(C)C. The van der Waals surface area contributed by atoms with Crippen molar-refractivity contribution >= 4 is 28.4 Å². The number of rotatable bonds is 15. The van der Waals surface area contributed by atoms with Crippen LogP contribution in [0.15, 0.2) is 47.6 Å². The van der Waals surface area contributed by atoms with Crippen molar-refractivity contribution < 1.29 is 23.5 Å². The van der Waals surface area contributed by atoms with Gasteiger partial charge in [-0.15, -0.1) is 0 Å². The molecule has 7 heteroatoms. The number of carbonyl (C=O) groups excluding carboxylic acids is 2. The fraction of sp³-hybridized carbons (Fsp3) is 0.778. The number of hydrogen-bond acceptors (Lipinski definition) is 5. The van der Waals surface area contributed by atoms with E-state index in [0.717, 1.165) is 51.4 Å². The van der Waals surface area contributed by atoms with Gasteiger partial charge in [0.05, 0.1) is 12.7 Å². The van der Waals surface area contributed by atoms with Crippen molar-refractivity contribution in [2.45, 2.75) is 182 Å². The Kier molecular flexibility index (Phi) is 14.7. The molecule has 0 aliphatic heterocycles. The Bertz CT molecular complexity index is 1330. The predicted molar refractivity (Wildman–Crippen MR) is 224 cm³/mol. The van der Waals surface area contributed by atoms with Crippen LogP contribution in [-0.4, -0.2) is 45.9 Å². The molecule has 3 rings (SSSR count). The quantitative estimate of drug-likeness (QED) is 0.0450. The van der Waals surface area contributed by atoms with Gasteiger partial charge in [-0.25, -0.2) is 0 Å². The van der Waals surface area contributed by atoms with Crippen molar-refractivity contribution in [2.75, 3.05) is 6.61 Å². The van der Waals surface area contributed by atoms with E-state index in [9.17, 15) is 14.4 Å². The molecule has 3 saturated carbocycles. The van der Waals surface area contributed by atoms with E-state index >= 15 is 0 Å². The van der Waals surface area contributed by atoms with Gasteiger partial charge in [0.25, 0.3) is 0 Å². The predicted octanol–water partition coefficient (Wildman–Crippen LogP) is 12.3. The van der Waals surface area contributed by atoms with E-state index in [1.54, 1.807) is 25.5 Å². The zero-order valence-corrected chi connectivity index (χ0v) is 38.0. The lowest BCUT2D eigenvalue weighted by Gasteiger charge is -2.45. The third kappa shape index (κ3) is 10.4. The van der Waals surface area contributed by atoms with Crippen LogP contribution in [0.3, 0.4) is 0 Å². The van der Waals surface area contributed by atoms with E-state index in [-0.39, 0.29) is 39.2 Å². The highest BCUT2D eigenvalue weighted by Gasteiger charge is 2.51. The smallest absolute Gasteiger partial charge is 0.319 e. The van der Waals surface area contributed by atoms with Gasteiger partial charge in [0.1, 0.15) is 5.41 Å². The van der Waals surface area contributed by atoms with E-state index in [1.165, 1.54) is 30.4 Å². The Labute approximate surface area is 321 Å². The van der Waals surface area contributed by atoms with Crippen molar-refractivity contribution in [3.8, 4) is 0 Å². The van der Waals surface area contributed by atoms with Gasteiger partial charge in [0.2, 0.25) is 0 Å². The second-order valence-corrected chi connectivity index (χ2v) is 29.6. The molecule has 0 spiro atoms. The van der Waals surface area contributed by atoms with E-state index < -0.39 is 28.0 Å². The zero-order valence-electron chi connectivity index (χ0n) is 36.0. The minimum atomic E-state index is -2.39. The van der Waals surface area contributed by atoms with Crippen LogP contribution in [0.2, 0.25) is 36.3 Å². The topological polar surface area (TPSA) is 72.8 Å². The number of allylic oxidation sites excluding steroid dienone is 5. The molecular weight excluding hydrogens is 677 g/mol. The van der Waals surface area contributed by atoms with Crippen LogP contribution in [0.5, 0.6) is 0 Å². The maximum Gasteiger partial charge on any atom is 0.319 e. The van der Waals surface area contributed by atoms with Gasteiger partial charge in [-0.3, -0.25) is 9.59 Å². The lowest BCUT2D eigenvalue weighted by molar-refractivity contribution is -0.157. The summed E-state index contributed by atoms with van der Waals surface area (Å²) in [6, 6.07) is 0. The molecule has 1 unspecified atom stereocenters. The van der Waals surface area contributed by atoms with Gasteiger partial charge in [-0.05, 0) is 149 Å². The van der Waals surface area contributed by atoms with Crippen LogP contribution in [0.4, 0.5) is 0 Å². The first-order chi connectivity index (χ1) is 23.8. The Balaban J connectivity index is 1.82. The highest BCUT2D eigenvalue weighted by atomic mass is 28.4. The molecule has 0 aromatic heterocycles. The number of unbranched alkanes of at least 4 members (excludes halogenated alkanes) is 2. The van der Waals surface area contributed by atoms with Gasteiger partial charge in [-0.1, -0.05) is 104 Å². The minimum Gasteiger partial charge on any atom is -0.465 e. The average Bonchev–Trinajstić information content (AvgIpc) is 3.38. The molecule has 1 N–H and O–H groups in total. The third-order valence-corrected chi connectivity index (χ3v) is 22.4. The maximum absolute atomic E-state index is 13.3. The molecule has 3 fully saturated rings. The molecule has 5 nitrogen and oxygen atoms in total. The summed E-state index contributed by atoms with van der Waals surface area (Å²) in [4.78, 5) is 37.2. The molecule has 0 heterocycles. The van der Waals surface area contributed by atoms with Crippen LogP contribution >= 0.6 is 0 Å². The Hall–Kier alpha value is -1.55. The number of esters is 1. The second kappa shape index (κ2) is 17.1. The van der Waals surface area contributed by atoms with Crippen LogP contribution in [0.25, 0.3) is 0 Å². The van der Waals surface area contributed by atoms with Crippen molar-refractivity contribution in [1.82, 2.24) is 0 Å². The number of fused-ring (bicyclic) bond motifs is 1. The number of carbonyl (C=O) groups is 2. The summed E-state index contributed by atoms with van der Waals surface area (Å²) < 4.78 is 12.6. The molecule has 6 atom stereocenters. The van der Waals surface area contributed by atoms with E-state index in [2.05, 4.69) is 106 Å². The van der Waals surface area contributed by atoms with Gasteiger partial charge >= 0.3 is 5.97 Å². The van der Waals surface area contributed by atoms with E-state index in [4.69, 9.17) is 9.16 Å². The second-order valence-electron chi connectivity index (χ2n) is 20.4. The van der Waals surface area contributed by atoms with Crippen LogP contribution < -0.4 is 0 Å². The highest BCUT2D eigenvalue weighted by molar-refractivity contribution is 6.74. The third-order valence-electron chi connectivity index (χ3n) is 14.4. The number of ether oxygens (including phenoxy) is 1. The fourth-order valence-corrected chi connectivity index (χ4v) is 10.8. The Morgan fingerprint density at radius 1 is 1.02 bits per heavy atom. The summed E-state index contributed by atoms with van der Waals surface area (Å²) in [5, 5.41) is -0.0113. The fourth-order valence-electron chi connectivity index (χ4n) is 8.77. The van der Waals surface area contributed by atoms with Gasteiger partial charge in [-0.2, -0.15) is 0 Å². The standard InChI is InChI=1S/C45H78O5Si2/c1-16-17-18-28-49-41(47)44(9,10)40(46)26-21-32(2)37-24-25-38-35(20-19-27-45(37,38)11)23-22-34-29-36(31-43(7,8)51(12,13)48)33(3)39(30-34)50-52(14,15)42(4,5)6/h21-23,26,32,36-39,48H,3,16-20,24-25,27-31H2,1-2,4-15H3/b26-21+,34-22+,35-23+/t32?,36-,37+,38-,39+,45+/m0/s1.